The number of sulfonamides is 1. The van der Waals surface area contributed by atoms with Gasteiger partial charge in [-0.05, 0) is 25.7 Å². The number of nitrogens with one attached hydrogen (secondary N) is 1. The minimum Gasteiger partial charge on any atom is -0.381 e. The summed E-state index contributed by atoms with van der Waals surface area (Å²) in [6.45, 7) is 1.57. The van der Waals surface area contributed by atoms with Crippen molar-refractivity contribution in [3.8, 4) is 6.07 Å². The first-order valence-electron chi connectivity index (χ1n) is 8.63. The van der Waals surface area contributed by atoms with Crippen molar-refractivity contribution in [3.05, 3.63) is 0 Å². The van der Waals surface area contributed by atoms with Crippen LogP contribution in [0.15, 0.2) is 0 Å². The van der Waals surface area contributed by atoms with E-state index in [1.165, 1.54) is 25.7 Å². The highest BCUT2D eigenvalue weighted by Crippen LogP contribution is 2.31. The van der Waals surface area contributed by atoms with Crippen LogP contribution in [-0.2, 0) is 19.5 Å². The minimum absolute atomic E-state index is 0.150. The minimum atomic E-state index is -3.47. The van der Waals surface area contributed by atoms with Gasteiger partial charge in [0.15, 0.2) is 0 Å². The molecular weight excluding hydrogens is 316 g/mol. The Kier molecular flexibility index (Phi) is 7.28. The number of hydrogen-bond donors (Lipinski definition) is 1. The zero-order valence-electron chi connectivity index (χ0n) is 13.8. The first-order chi connectivity index (χ1) is 11.1. The van der Waals surface area contributed by atoms with E-state index in [0.717, 1.165) is 12.8 Å². The standard InChI is InChI=1S/C16H28N2O4S/c17-13-16(7-10-21-11-8-16)14-23(19,20)18-9-12-22-15-5-3-1-2-4-6-15/h15,18H,1-12,14H2. The third kappa shape index (κ3) is 6.38. The van der Waals surface area contributed by atoms with Gasteiger partial charge in [0.25, 0.3) is 0 Å². The molecule has 0 radical (unpaired) electrons. The maximum absolute atomic E-state index is 12.2. The highest BCUT2D eigenvalue weighted by Gasteiger charge is 2.37. The molecule has 0 unspecified atom stereocenters. The van der Waals surface area contributed by atoms with Crippen LogP contribution in [0.25, 0.3) is 0 Å². The van der Waals surface area contributed by atoms with Gasteiger partial charge in [-0.3, -0.25) is 0 Å². The highest BCUT2D eigenvalue weighted by atomic mass is 32.2. The Labute approximate surface area is 139 Å². The second kappa shape index (κ2) is 8.97. The van der Waals surface area contributed by atoms with Crippen LogP contribution in [0.4, 0.5) is 0 Å². The second-order valence-corrected chi connectivity index (χ2v) is 8.45. The summed E-state index contributed by atoms with van der Waals surface area (Å²) in [5.41, 5.74) is -0.813. The topological polar surface area (TPSA) is 88.4 Å². The SMILES string of the molecule is N#CC1(CS(=O)(=O)NCCOC2CCCCCC2)CCOCC1. The number of nitrogens with zero attached hydrogens (tertiary/aromatic N) is 1. The van der Waals surface area contributed by atoms with E-state index in [0.29, 0.717) is 32.7 Å². The van der Waals surface area contributed by atoms with Crippen LogP contribution < -0.4 is 4.72 Å². The van der Waals surface area contributed by atoms with Crippen molar-refractivity contribution < 1.29 is 17.9 Å². The van der Waals surface area contributed by atoms with Gasteiger partial charge < -0.3 is 9.47 Å². The average molecular weight is 344 g/mol. The summed E-state index contributed by atoms with van der Waals surface area (Å²) in [7, 11) is -3.47. The van der Waals surface area contributed by atoms with E-state index >= 15 is 0 Å². The molecule has 23 heavy (non-hydrogen) atoms. The summed E-state index contributed by atoms with van der Waals surface area (Å²) in [5.74, 6) is -0.150. The Balaban J connectivity index is 1.72. The van der Waals surface area contributed by atoms with Crippen molar-refractivity contribution in [2.24, 2.45) is 5.41 Å². The predicted octanol–water partition coefficient (Wildman–Crippen LogP) is 1.97. The molecule has 0 aromatic heterocycles. The van der Waals surface area contributed by atoms with Gasteiger partial charge >= 0.3 is 0 Å². The van der Waals surface area contributed by atoms with Crippen molar-refractivity contribution in [2.75, 3.05) is 32.1 Å². The molecule has 6 nitrogen and oxygen atoms in total. The summed E-state index contributed by atoms with van der Waals surface area (Å²) < 4.78 is 38.0. The summed E-state index contributed by atoms with van der Waals surface area (Å²) >= 11 is 0. The molecule has 1 heterocycles. The molecule has 7 heteroatoms. The molecule has 0 aromatic rings. The van der Waals surface area contributed by atoms with Crippen molar-refractivity contribution >= 4 is 10.0 Å². The highest BCUT2D eigenvalue weighted by molar-refractivity contribution is 7.89. The molecule has 0 spiro atoms. The lowest BCUT2D eigenvalue weighted by Crippen LogP contribution is -2.40. The molecular formula is C16H28N2O4S. The monoisotopic (exact) mass is 344 g/mol. The van der Waals surface area contributed by atoms with E-state index in [4.69, 9.17) is 9.47 Å². The van der Waals surface area contributed by atoms with Crippen molar-refractivity contribution in [1.29, 1.82) is 5.26 Å². The van der Waals surface area contributed by atoms with Gasteiger partial charge in [-0.15, -0.1) is 0 Å². The van der Waals surface area contributed by atoms with E-state index in [9.17, 15) is 13.7 Å². The summed E-state index contributed by atoms with van der Waals surface area (Å²) in [5, 5.41) is 9.35. The molecule has 0 amide bonds. The van der Waals surface area contributed by atoms with E-state index < -0.39 is 15.4 Å². The van der Waals surface area contributed by atoms with Crippen LogP contribution in [0.5, 0.6) is 0 Å². The Morgan fingerprint density at radius 2 is 1.83 bits per heavy atom. The second-order valence-electron chi connectivity index (χ2n) is 6.64. The Morgan fingerprint density at radius 1 is 1.17 bits per heavy atom. The lowest BCUT2D eigenvalue weighted by Gasteiger charge is -2.30. The van der Waals surface area contributed by atoms with E-state index in [1.807, 2.05) is 0 Å². The van der Waals surface area contributed by atoms with Gasteiger partial charge in [0.05, 0.1) is 29.9 Å². The molecule has 0 bridgehead atoms. The molecule has 1 N–H and O–H groups in total. The van der Waals surface area contributed by atoms with Crippen LogP contribution in [0.1, 0.15) is 51.4 Å². The normalized spacial score (nSPS) is 23.1. The fourth-order valence-electron chi connectivity index (χ4n) is 3.30. The lowest BCUT2D eigenvalue weighted by molar-refractivity contribution is 0.0461. The molecule has 132 valence electrons. The van der Waals surface area contributed by atoms with Gasteiger partial charge in [0.2, 0.25) is 10.0 Å². The molecule has 1 aliphatic carbocycles. The van der Waals surface area contributed by atoms with Crippen molar-refractivity contribution in [3.63, 3.8) is 0 Å². The molecule has 0 aromatic carbocycles. The largest absolute Gasteiger partial charge is 0.381 e. The quantitative estimate of drug-likeness (QED) is 0.563. The Bertz CT molecular complexity index is 487. The molecule has 2 aliphatic rings. The zero-order chi connectivity index (χ0) is 16.6. The fourth-order valence-corrected chi connectivity index (χ4v) is 4.87. The number of hydrogen-bond acceptors (Lipinski definition) is 5. The maximum Gasteiger partial charge on any atom is 0.213 e. The average Bonchev–Trinajstić information content (AvgIpc) is 2.81. The molecule has 1 saturated heterocycles. The molecule has 2 fully saturated rings. The summed E-state index contributed by atoms with van der Waals surface area (Å²) in [4.78, 5) is 0. The van der Waals surface area contributed by atoms with Crippen LogP contribution in [0.3, 0.4) is 0 Å². The zero-order valence-corrected chi connectivity index (χ0v) is 14.6. The van der Waals surface area contributed by atoms with Gasteiger partial charge in [-0.1, -0.05) is 25.7 Å². The first-order valence-corrected chi connectivity index (χ1v) is 10.3. The van der Waals surface area contributed by atoms with Crippen molar-refractivity contribution in [1.82, 2.24) is 4.72 Å². The number of ether oxygens (including phenoxy) is 2. The molecule has 1 aliphatic heterocycles. The van der Waals surface area contributed by atoms with Gasteiger partial charge in [-0.2, -0.15) is 5.26 Å². The summed E-state index contributed by atoms with van der Waals surface area (Å²) in [6, 6.07) is 2.19. The van der Waals surface area contributed by atoms with Crippen LogP contribution in [-0.4, -0.2) is 46.6 Å². The molecule has 2 rings (SSSR count). The smallest absolute Gasteiger partial charge is 0.213 e. The molecule has 1 saturated carbocycles. The van der Waals surface area contributed by atoms with Crippen molar-refractivity contribution in [2.45, 2.75) is 57.5 Å². The van der Waals surface area contributed by atoms with Gasteiger partial charge in [-0.25, -0.2) is 13.1 Å². The lowest BCUT2D eigenvalue weighted by atomic mass is 9.84. The Hall–Kier alpha value is -0.680. The van der Waals surface area contributed by atoms with Crippen LogP contribution >= 0.6 is 0 Å². The van der Waals surface area contributed by atoms with E-state index in [-0.39, 0.29) is 18.4 Å². The fraction of sp³-hybridized carbons (Fsp3) is 0.938. The third-order valence-corrected chi connectivity index (χ3v) is 6.31. The number of rotatable bonds is 7. The Morgan fingerprint density at radius 3 is 2.43 bits per heavy atom. The maximum atomic E-state index is 12.2. The van der Waals surface area contributed by atoms with Crippen LogP contribution in [0.2, 0.25) is 0 Å². The van der Waals surface area contributed by atoms with Gasteiger partial charge in [0.1, 0.15) is 0 Å². The van der Waals surface area contributed by atoms with Crippen LogP contribution in [0, 0.1) is 16.7 Å². The van der Waals surface area contributed by atoms with E-state index in [2.05, 4.69) is 10.8 Å². The van der Waals surface area contributed by atoms with Gasteiger partial charge in [0, 0.05) is 19.8 Å². The number of nitriles is 1. The molecule has 0 atom stereocenters. The predicted molar refractivity (Wildman–Crippen MR) is 87.3 cm³/mol. The first kappa shape index (κ1) is 18.7. The summed E-state index contributed by atoms with van der Waals surface area (Å²) in [6.07, 6.45) is 8.30. The third-order valence-electron chi connectivity index (χ3n) is 4.73. The van der Waals surface area contributed by atoms with E-state index in [1.54, 1.807) is 0 Å².